The zero-order valence-electron chi connectivity index (χ0n) is 42.0. The number of carbonyl (C=O) groups is 3. The van der Waals surface area contributed by atoms with E-state index in [1.165, 1.54) is 23.8 Å². The van der Waals surface area contributed by atoms with Crippen molar-refractivity contribution in [3.05, 3.63) is 153 Å². The molecule has 0 radical (unpaired) electrons. The minimum atomic E-state index is -0.499. The van der Waals surface area contributed by atoms with E-state index in [4.69, 9.17) is 14.2 Å². The number of halogens is 1. The summed E-state index contributed by atoms with van der Waals surface area (Å²) in [6.45, 7) is 13.0. The summed E-state index contributed by atoms with van der Waals surface area (Å²) in [5.74, 6) is -0.534. The summed E-state index contributed by atoms with van der Waals surface area (Å²) in [6, 6.07) is 29.1. The van der Waals surface area contributed by atoms with Gasteiger partial charge < -0.3 is 38.3 Å². The van der Waals surface area contributed by atoms with E-state index in [2.05, 4.69) is 30.0 Å². The van der Waals surface area contributed by atoms with Crippen LogP contribution in [0, 0.1) is 36.9 Å². The first kappa shape index (κ1) is 49.3. The van der Waals surface area contributed by atoms with E-state index in [0.717, 1.165) is 41.9 Å². The van der Waals surface area contributed by atoms with Gasteiger partial charge in [-0.2, -0.15) is 5.26 Å². The smallest absolute Gasteiger partial charge is 0.264 e. The quantitative estimate of drug-likeness (QED) is 0.121. The van der Waals surface area contributed by atoms with Gasteiger partial charge in [0.25, 0.3) is 11.8 Å². The van der Waals surface area contributed by atoms with Gasteiger partial charge in [-0.15, -0.1) is 0 Å². The Hall–Kier alpha value is -7.25. The number of nitrogens with zero attached hydrogens (tertiary/aromatic N) is 7. The highest BCUT2D eigenvalue weighted by Gasteiger charge is 2.34. The number of amides is 3. The molecule has 378 valence electrons. The number of rotatable bonds is 13. The number of carbonyl (C=O) groups excluding carboxylic acids is 3. The highest BCUT2D eigenvalue weighted by molar-refractivity contribution is 6.13. The number of fused-ring (bicyclic) bond motifs is 2. The molecule has 10 rings (SSSR count). The molecule has 0 saturated carbocycles. The Balaban J connectivity index is 0.970. The molecule has 6 heterocycles. The van der Waals surface area contributed by atoms with Crippen molar-refractivity contribution in [2.45, 2.75) is 72.1 Å². The van der Waals surface area contributed by atoms with Gasteiger partial charge >= 0.3 is 0 Å². The second kappa shape index (κ2) is 21.1. The summed E-state index contributed by atoms with van der Waals surface area (Å²) < 4.78 is 36.4. The van der Waals surface area contributed by atoms with Crippen molar-refractivity contribution in [2.24, 2.45) is 13.0 Å². The number of ether oxygens (including phenoxy) is 3. The summed E-state index contributed by atoms with van der Waals surface area (Å²) in [5.41, 5.74) is 9.45. The van der Waals surface area contributed by atoms with Crippen molar-refractivity contribution >= 4 is 29.1 Å². The van der Waals surface area contributed by atoms with Gasteiger partial charge in [0.05, 0.1) is 37.5 Å². The fourth-order valence-corrected chi connectivity index (χ4v) is 10.9. The molecule has 1 N–H and O–H groups in total. The van der Waals surface area contributed by atoms with Crippen molar-refractivity contribution < 1.29 is 38.1 Å². The molecule has 4 aromatic carbocycles. The van der Waals surface area contributed by atoms with Crippen molar-refractivity contribution in [3.63, 3.8) is 0 Å². The lowest BCUT2D eigenvalue weighted by Crippen LogP contribution is -2.43. The van der Waals surface area contributed by atoms with Crippen LogP contribution in [0.1, 0.15) is 79.0 Å². The van der Waals surface area contributed by atoms with Gasteiger partial charge in [-0.1, -0.05) is 30.3 Å². The van der Waals surface area contributed by atoms with E-state index >= 15 is 14.0 Å². The topological polar surface area (TPSA) is 146 Å². The molecule has 0 aliphatic carbocycles. The Morgan fingerprint density at radius 2 is 1.64 bits per heavy atom. The van der Waals surface area contributed by atoms with Gasteiger partial charge in [0, 0.05) is 111 Å². The molecule has 0 spiro atoms. The Morgan fingerprint density at radius 3 is 2.38 bits per heavy atom. The normalized spacial score (nSPS) is 17.8. The molecule has 3 amide bonds. The van der Waals surface area contributed by atoms with Crippen LogP contribution >= 0.6 is 0 Å². The predicted octanol–water partition coefficient (Wildman–Crippen LogP) is 8.27. The van der Waals surface area contributed by atoms with Crippen LogP contribution in [0.4, 0.5) is 15.8 Å². The SMILES string of the molecule is Cc1c(C(=O)N(c2ccc(O)cc2)c2cc(C#N)n(CC3CCOC3)c2C)cc(-c2cc3c(cc2C(=O)N2Cc4ccccc4C[C@H]2C)CN(C(=O)Cc2ccc(OCCN4CCOCC4)cc2F)CC3)n1C. The van der Waals surface area contributed by atoms with Gasteiger partial charge in [0.15, 0.2) is 0 Å². The molecule has 1 unspecified atom stereocenters. The third-order valence-electron chi connectivity index (χ3n) is 15.4. The second-order valence-corrected chi connectivity index (χ2v) is 19.9. The predicted molar refractivity (Wildman–Crippen MR) is 274 cm³/mol. The largest absolute Gasteiger partial charge is 0.508 e. The molecule has 2 saturated heterocycles. The molecule has 2 fully saturated rings. The van der Waals surface area contributed by atoms with Gasteiger partial charge in [-0.3, -0.25) is 24.2 Å². The van der Waals surface area contributed by atoms with Crippen LogP contribution < -0.4 is 9.64 Å². The zero-order chi connectivity index (χ0) is 50.9. The molecule has 2 atom stereocenters. The summed E-state index contributed by atoms with van der Waals surface area (Å²) in [7, 11) is 1.89. The molecular formula is C58H62FN7O7. The molecule has 0 bridgehead atoms. The van der Waals surface area contributed by atoms with Crippen molar-refractivity contribution in [2.75, 3.05) is 64.1 Å². The second-order valence-electron chi connectivity index (χ2n) is 19.9. The van der Waals surface area contributed by atoms with Crippen LogP contribution in [-0.4, -0.2) is 112 Å². The number of anilines is 2. The van der Waals surface area contributed by atoms with Crippen LogP contribution in [-0.2, 0) is 60.2 Å². The number of aromatic hydroxyl groups is 1. The van der Waals surface area contributed by atoms with Gasteiger partial charge in [-0.25, -0.2) is 4.39 Å². The lowest BCUT2D eigenvalue weighted by atomic mass is 9.89. The van der Waals surface area contributed by atoms with Gasteiger partial charge in [0.1, 0.15) is 35.7 Å². The average Bonchev–Trinajstić information content (AvgIpc) is 4.12. The van der Waals surface area contributed by atoms with E-state index in [1.54, 1.807) is 40.1 Å². The standard InChI is InChI=1S/C58H62FN7O7/c1-37-25-41-7-5-6-8-44(41)35-64(37)57(69)52-27-45-34-63(56(68)28-43-9-14-49(30-53(43)59)73-24-20-62-18-22-71-23-19-62)17-15-42(45)26-51(52)55-31-50(38(2)61(55)4)58(70)66(46-10-12-48(67)13-11-46)54-29-47(32-60)65(39(54)3)33-40-16-21-72-36-40/h5-14,26-27,29-31,37,40,67H,15-25,28,33-36H2,1-4H3/t37-,40?/m1/s1. The van der Waals surface area contributed by atoms with Crippen LogP contribution in [0.25, 0.3) is 11.3 Å². The van der Waals surface area contributed by atoms with Crippen LogP contribution in [0.5, 0.6) is 11.5 Å². The molecule has 2 aromatic heterocycles. The molecule has 73 heavy (non-hydrogen) atoms. The number of hydrogen-bond acceptors (Lipinski definition) is 9. The van der Waals surface area contributed by atoms with E-state index in [9.17, 15) is 15.2 Å². The fourth-order valence-electron chi connectivity index (χ4n) is 10.9. The van der Waals surface area contributed by atoms with Crippen LogP contribution in [0.15, 0.2) is 91.0 Å². The molecule has 4 aliphatic heterocycles. The summed E-state index contributed by atoms with van der Waals surface area (Å²) in [4.78, 5) is 52.1. The minimum absolute atomic E-state index is 0.0477. The Kier molecular flexibility index (Phi) is 14.2. The number of aromatic nitrogens is 2. The van der Waals surface area contributed by atoms with E-state index < -0.39 is 5.82 Å². The third-order valence-corrected chi connectivity index (χ3v) is 15.4. The Bertz CT molecular complexity index is 3110. The highest BCUT2D eigenvalue weighted by atomic mass is 19.1. The van der Waals surface area contributed by atoms with E-state index in [0.29, 0.717) is 123 Å². The van der Waals surface area contributed by atoms with Gasteiger partial charge in [-0.05, 0) is 122 Å². The maximum Gasteiger partial charge on any atom is 0.264 e. The van der Waals surface area contributed by atoms with Crippen molar-refractivity contribution in [1.82, 2.24) is 23.8 Å². The van der Waals surface area contributed by atoms with Crippen LogP contribution in [0.2, 0.25) is 0 Å². The fraction of sp³-hybridized carbons (Fsp3) is 0.379. The number of hydrogen-bond donors (Lipinski definition) is 1. The first-order valence-corrected chi connectivity index (χ1v) is 25.4. The molecule has 6 aromatic rings. The van der Waals surface area contributed by atoms with E-state index in [1.807, 2.05) is 65.3 Å². The number of phenols is 1. The van der Waals surface area contributed by atoms with Crippen molar-refractivity contribution in [3.8, 4) is 28.8 Å². The van der Waals surface area contributed by atoms with Gasteiger partial charge in [0.2, 0.25) is 5.91 Å². The first-order chi connectivity index (χ1) is 35.3. The van der Waals surface area contributed by atoms with E-state index in [-0.39, 0.29) is 54.0 Å². The number of phenolic OH excluding ortho intramolecular Hbond substituents is 1. The minimum Gasteiger partial charge on any atom is -0.508 e. The average molecular weight is 988 g/mol. The summed E-state index contributed by atoms with van der Waals surface area (Å²) in [6.07, 6.45) is 1.95. The molecule has 15 heteroatoms. The molecule has 4 aliphatic rings. The first-order valence-electron chi connectivity index (χ1n) is 25.4. The number of nitriles is 1. The molecular weight excluding hydrogens is 926 g/mol. The number of benzene rings is 4. The highest BCUT2D eigenvalue weighted by Crippen LogP contribution is 2.39. The van der Waals surface area contributed by atoms with Crippen LogP contribution in [0.3, 0.4) is 0 Å². The van der Waals surface area contributed by atoms with Crippen molar-refractivity contribution in [1.29, 1.82) is 5.26 Å². The number of morpholine rings is 1. The Morgan fingerprint density at radius 1 is 0.863 bits per heavy atom. The lowest BCUT2D eigenvalue weighted by Gasteiger charge is -2.36. The summed E-state index contributed by atoms with van der Waals surface area (Å²) >= 11 is 0. The Labute approximate surface area is 425 Å². The summed E-state index contributed by atoms with van der Waals surface area (Å²) in [5, 5.41) is 20.7. The lowest BCUT2D eigenvalue weighted by molar-refractivity contribution is -0.131. The monoisotopic (exact) mass is 987 g/mol. The maximum atomic E-state index is 15.5. The molecule has 14 nitrogen and oxygen atoms in total. The third kappa shape index (κ3) is 10.1. The maximum absolute atomic E-state index is 15.5. The zero-order valence-corrected chi connectivity index (χ0v) is 42.0.